The molecule has 1 atom stereocenters. The molecule has 0 bridgehead atoms. The monoisotopic (exact) mass is 355 g/mol. The highest BCUT2D eigenvalue weighted by Gasteiger charge is 2.30. The molecule has 1 aliphatic rings. The van der Waals surface area contributed by atoms with Gasteiger partial charge < -0.3 is 14.4 Å². The van der Waals surface area contributed by atoms with Crippen LogP contribution in [0.2, 0.25) is 0 Å². The lowest BCUT2D eigenvalue weighted by Gasteiger charge is -2.31. The van der Waals surface area contributed by atoms with Crippen molar-refractivity contribution in [1.82, 2.24) is 9.88 Å². The molecule has 0 radical (unpaired) electrons. The fraction of sp³-hybridized carbons (Fsp3) is 0.316. The van der Waals surface area contributed by atoms with Gasteiger partial charge in [-0.25, -0.2) is 4.98 Å². The second kappa shape index (κ2) is 7.43. The van der Waals surface area contributed by atoms with E-state index >= 15 is 0 Å². The number of rotatable bonds is 5. The predicted octanol–water partition coefficient (Wildman–Crippen LogP) is 2.04. The molecule has 136 valence electrons. The second-order valence-electron chi connectivity index (χ2n) is 6.05. The summed E-state index contributed by atoms with van der Waals surface area (Å²) in [6.07, 6.45) is 1.57. The van der Waals surface area contributed by atoms with Crippen LogP contribution in [0.1, 0.15) is 18.5 Å². The molecular formula is C19H21N3O4. The van der Waals surface area contributed by atoms with E-state index in [1.807, 2.05) is 31.2 Å². The van der Waals surface area contributed by atoms with Crippen LogP contribution < -0.4 is 14.4 Å². The first-order valence-electron chi connectivity index (χ1n) is 8.29. The van der Waals surface area contributed by atoms with Crippen molar-refractivity contribution in [3.8, 4) is 11.5 Å². The zero-order chi connectivity index (χ0) is 18.7. The van der Waals surface area contributed by atoms with Gasteiger partial charge in [0, 0.05) is 13.2 Å². The van der Waals surface area contributed by atoms with Crippen molar-refractivity contribution >= 4 is 17.6 Å². The fourth-order valence-electron chi connectivity index (χ4n) is 2.78. The third-order valence-electron chi connectivity index (χ3n) is 4.50. The molecule has 0 N–H and O–H groups in total. The number of benzene rings is 1. The second-order valence-corrected chi connectivity index (χ2v) is 6.05. The fourth-order valence-corrected chi connectivity index (χ4v) is 2.78. The summed E-state index contributed by atoms with van der Waals surface area (Å²) < 4.78 is 10.6. The van der Waals surface area contributed by atoms with Crippen molar-refractivity contribution in [3.63, 3.8) is 0 Å². The van der Waals surface area contributed by atoms with Crippen LogP contribution in [0.15, 0.2) is 42.6 Å². The summed E-state index contributed by atoms with van der Waals surface area (Å²) in [7, 11) is 3.32. The number of likely N-dealkylation sites (N-methyl/N-ethyl adjacent to an activating group) is 1. The Bertz CT molecular complexity index is 824. The molecule has 0 saturated carbocycles. The van der Waals surface area contributed by atoms with Gasteiger partial charge in [-0.05, 0) is 36.8 Å². The van der Waals surface area contributed by atoms with Gasteiger partial charge in [-0.2, -0.15) is 0 Å². The quantitative estimate of drug-likeness (QED) is 0.821. The van der Waals surface area contributed by atoms with Crippen LogP contribution in [-0.2, 0) is 9.59 Å². The number of carbonyl (C=O) groups excluding carboxylic acids is 2. The van der Waals surface area contributed by atoms with Gasteiger partial charge in [-0.1, -0.05) is 12.1 Å². The number of hydrogen-bond donors (Lipinski definition) is 0. The lowest BCUT2D eigenvalue weighted by molar-refractivity contribution is -0.132. The van der Waals surface area contributed by atoms with Crippen LogP contribution >= 0.6 is 0 Å². The normalized spacial score (nSPS) is 14.3. The molecule has 7 heteroatoms. The Hall–Kier alpha value is -3.09. The van der Waals surface area contributed by atoms with Crippen molar-refractivity contribution in [2.75, 3.05) is 32.2 Å². The highest BCUT2D eigenvalue weighted by atomic mass is 16.5. The molecule has 2 heterocycles. The maximum absolute atomic E-state index is 12.8. The van der Waals surface area contributed by atoms with E-state index in [1.165, 1.54) is 4.90 Å². The Morgan fingerprint density at radius 3 is 2.96 bits per heavy atom. The standard InChI is InChI=1S/C19H21N3O4/c1-13(14-6-4-7-15(10-14)25-3)21(2)17(23)11-22-18(24)12-26-16-8-5-9-20-19(16)22/h4-10,13H,11-12H2,1-3H3. The summed E-state index contributed by atoms with van der Waals surface area (Å²) in [5, 5.41) is 0. The number of nitrogens with zero attached hydrogens (tertiary/aromatic N) is 3. The van der Waals surface area contributed by atoms with Crippen LogP contribution in [0.5, 0.6) is 11.5 Å². The van der Waals surface area contributed by atoms with Gasteiger partial charge in [-0.3, -0.25) is 14.5 Å². The third kappa shape index (κ3) is 3.46. The van der Waals surface area contributed by atoms with Gasteiger partial charge >= 0.3 is 0 Å². The zero-order valence-electron chi connectivity index (χ0n) is 15.0. The molecule has 2 aromatic rings. The highest BCUT2D eigenvalue weighted by molar-refractivity contribution is 6.01. The smallest absolute Gasteiger partial charge is 0.266 e. The summed E-state index contributed by atoms with van der Waals surface area (Å²) in [5.74, 6) is 1.14. The summed E-state index contributed by atoms with van der Waals surface area (Å²) in [4.78, 5) is 32.1. The molecular weight excluding hydrogens is 334 g/mol. The summed E-state index contributed by atoms with van der Waals surface area (Å²) in [6.45, 7) is 1.75. The Labute approximate surface area is 152 Å². The number of amides is 2. The number of hydrogen-bond acceptors (Lipinski definition) is 5. The predicted molar refractivity (Wildman–Crippen MR) is 96.3 cm³/mol. The molecule has 0 spiro atoms. The van der Waals surface area contributed by atoms with Gasteiger partial charge in [0.15, 0.2) is 18.2 Å². The zero-order valence-corrected chi connectivity index (χ0v) is 15.0. The lowest BCUT2D eigenvalue weighted by atomic mass is 10.1. The van der Waals surface area contributed by atoms with Crippen molar-refractivity contribution < 1.29 is 19.1 Å². The van der Waals surface area contributed by atoms with Crippen LogP contribution in [0.3, 0.4) is 0 Å². The molecule has 0 fully saturated rings. The summed E-state index contributed by atoms with van der Waals surface area (Å²) >= 11 is 0. The minimum atomic E-state index is -0.285. The maximum atomic E-state index is 12.8. The van der Waals surface area contributed by atoms with Crippen molar-refractivity contribution in [3.05, 3.63) is 48.2 Å². The van der Waals surface area contributed by atoms with E-state index in [9.17, 15) is 9.59 Å². The molecule has 1 aromatic heterocycles. The lowest BCUT2D eigenvalue weighted by Crippen LogP contribution is -2.46. The first-order chi connectivity index (χ1) is 12.5. The summed E-state index contributed by atoms with van der Waals surface area (Å²) in [5.41, 5.74) is 0.951. The maximum Gasteiger partial charge on any atom is 0.266 e. The van der Waals surface area contributed by atoms with E-state index in [0.29, 0.717) is 11.6 Å². The van der Waals surface area contributed by atoms with E-state index in [-0.39, 0.29) is 31.0 Å². The van der Waals surface area contributed by atoms with Gasteiger partial charge in [-0.15, -0.1) is 0 Å². The molecule has 1 aliphatic heterocycles. The first-order valence-corrected chi connectivity index (χ1v) is 8.29. The number of pyridine rings is 1. The van der Waals surface area contributed by atoms with Gasteiger partial charge in [0.25, 0.3) is 5.91 Å². The number of aromatic nitrogens is 1. The average molecular weight is 355 g/mol. The van der Waals surface area contributed by atoms with E-state index in [4.69, 9.17) is 9.47 Å². The van der Waals surface area contributed by atoms with Gasteiger partial charge in [0.2, 0.25) is 5.91 Å². The van der Waals surface area contributed by atoms with E-state index in [0.717, 1.165) is 11.3 Å². The SMILES string of the molecule is COc1cccc(C(C)N(C)C(=O)CN2C(=O)COc3cccnc32)c1. The topological polar surface area (TPSA) is 72.0 Å². The molecule has 0 aliphatic carbocycles. The van der Waals surface area contributed by atoms with Crippen molar-refractivity contribution in [2.45, 2.75) is 13.0 Å². The third-order valence-corrected chi connectivity index (χ3v) is 4.50. The van der Waals surface area contributed by atoms with Crippen LogP contribution in [0.25, 0.3) is 0 Å². The van der Waals surface area contributed by atoms with Crippen LogP contribution in [0, 0.1) is 0 Å². The number of ether oxygens (including phenoxy) is 2. The largest absolute Gasteiger partial charge is 0.497 e. The van der Waals surface area contributed by atoms with Gasteiger partial charge in [0.1, 0.15) is 12.3 Å². The van der Waals surface area contributed by atoms with E-state index in [2.05, 4.69) is 4.98 Å². The molecule has 26 heavy (non-hydrogen) atoms. The number of methoxy groups -OCH3 is 1. The Balaban J connectivity index is 1.76. The number of fused-ring (bicyclic) bond motifs is 1. The number of carbonyl (C=O) groups is 2. The molecule has 7 nitrogen and oxygen atoms in total. The van der Waals surface area contributed by atoms with E-state index in [1.54, 1.807) is 37.4 Å². The van der Waals surface area contributed by atoms with E-state index < -0.39 is 0 Å². The molecule has 3 rings (SSSR count). The van der Waals surface area contributed by atoms with Crippen molar-refractivity contribution in [2.24, 2.45) is 0 Å². The average Bonchev–Trinajstić information content (AvgIpc) is 2.68. The molecule has 2 amide bonds. The molecule has 1 aromatic carbocycles. The Kier molecular flexibility index (Phi) is 5.06. The van der Waals surface area contributed by atoms with Gasteiger partial charge in [0.05, 0.1) is 13.2 Å². The van der Waals surface area contributed by atoms with Crippen molar-refractivity contribution in [1.29, 1.82) is 0 Å². The first kappa shape index (κ1) is 17.7. The Morgan fingerprint density at radius 2 is 2.19 bits per heavy atom. The Morgan fingerprint density at radius 1 is 1.38 bits per heavy atom. The number of anilines is 1. The summed E-state index contributed by atoms with van der Waals surface area (Å²) in [6, 6.07) is 10.9. The minimum Gasteiger partial charge on any atom is -0.497 e. The molecule has 0 saturated heterocycles. The molecule has 1 unspecified atom stereocenters. The van der Waals surface area contributed by atoms with Crippen LogP contribution in [-0.4, -0.2) is 49.0 Å². The van der Waals surface area contributed by atoms with Crippen LogP contribution in [0.4, 0.5) is 5.82 Å². The minimum absolute atomic E-state index is 0.0863. The highest BCUT2D eigenvalue weighted by Crippen LogP contribution is 2.29.